The van der Waals surface area contributed by atoms with E-state index in [0.29, 0.717) is 0 Å². The molecule has 61 valence electrons. The van der Waals surface area contributed by atoms with Crippen molar-refractivity contribution < 1.29 is 41.1 Å². The van der Waals surface area contributed by atoms with Crippen molar-refractivity contribution in [1.29, 1.82) is 0 Å². The second kappa shape index (κ2) is 5.03. The SMILES string of the molecule is CO[O][Ti](=[O])([O]C)[O]OC. The predicted molar refractivity (Wildman–Crippen MR) is 23.9 cm³/mol. The molecule has 0 aliphatic carbocycles. The van der Waals surface area contributed by atoms with Crippen molar-refractivity contribution in [2.45, 2.75) is 0 Å². The van der Waals surface area contributed by atoms with Gasteiger partial charge in [-0.15, -0.1) is 0 Å². The molecule has 0 saturated carbocycles. The van der Waals surface area contributed by atoms with E-state index in [1.54, 1.807) is 0 Å². The van der Waals surface area contributed by atoms with Crippen molar-refractivity contribution in [2.75, 3.05) is 21.3 Å². The van der Waals surface area contributed by atoms with Gasteiger partial charge in [-0.2, -0.15) is 0 Å². The standard InChI is InChI=1S/2CH4O2.CH3O.O.Ti/c2*1-3-2;1-2;;/h2*2H,1H3;1H3;;/q;;-1;;+3/p-2. The van der Waals surface area contributed by atoms with Crippen molar-refractivity contribution in [3.8, 4) is 0 Å². The second-order valence-electron chi connectivity index (χ2n) is 1.20. The van der Waals surface area contributed by atoms with E-state index < -0.39 is 17.7 Å². The van der Waals surface area contributed by atoms with Crippen LogP contribution in [-0.4, -0.2) is 21.3 Å². The fourth-order valence-electron chi connectivity index (χ4n) is 0.286. The summed E-state index contributed by atoms with van der Waals surface area (Å²) in [5.41, 5.74) is 0. The predicted octanol–water partition coefficient (Wildman–Crippen LogP) is 0.0332. The van der Waals surface area contributed by atoms with Gasteiger partial charge in [0.15, 0.2) is 0 Å². The molecule has 0 aliphatic heterocycles. The maximum atomic E-state index is 10.9. The molecular weight excluding hydrogens is 180 g/mol. The molecule has 0 radical (unpaired) electrons. The molecule has 0 fully saturated rings. The molecule has 0 aromatic heterocycles. The van der Waals surface area contributed by atoms with Gasteiger partial charge >= 0.3 is 62.4 Å². The first kappa shape index (κ1) is 10.3. The Morgan fingerprint density at radius 2 is 1.40 bits per heavy atom. The summed E-state index contributed by atoms with van der Waals surface area (Å²) in [6.45, 7) is 0. The molecule has 6 nitrogen and oxygen atoms in total. The summed E-state index contributed by atoms with van der Waals surface area (Å²) in [6.07, 6.45) is 0. The fraction of sp³-hybridized carbons (Fsp3) is 1.00. The van der Waals surface area contributed by atoms with Gasteiger partial charge < -0.3 is 0 Å². The maximum absolute atomic E-state index is 10.9. The van der Waals surface area contributed by atoms with Crippen LogP contribution in [-0.2, 0) is 41.1 Å². The van der Waals surface area contributed by atoms with Crippen LogP contribution in [0.5, 0.6) is 0 Å². The summed E-state index contributed by atoms with van der Waals surface area (Å²) in [5, 5.41) is 0. The van der Waals surface area contributed by atoms with Crippen LogP contribution in [0.15, 0.2) is 0 Å². The Bertz CT molecular complexity index is 114. The summed E-state index contributed by atoms with van der Waals surface area (Å²) in [4.78, 5) is 8.18. The molecule has 0 aromatic rings. The average molecular weight is 189 g/mol. The average Bonchev–Trinajstić information content (AvgIpc) is 1.89. The Labute approximate surface area is 62.9 Å². The number of hydrogen-bond acceptors (Lipinski definition) is 6. The molecule has 0 spiro atoms. The van der Waals surface area contributed by atoms with Gasteiger partial charge in [-0.25, -0.2) is 0 Å². The molecule has 0 saturated heterocycles. The Morgan fingerprint density at radius 1 is 1.00 bits per heavy atom. The zero-order chi connectivity index (χ0) is 8.04. The molecule has 0 heterocycles. The summed E-state index contributed by atoms with van der Waals surface area (Å²) >= 11 is -4.40. The molecule has 0 amide bonds. The van der Waals surface area contributed by atoms with Gasteiger partial charge in [0.2, 0.25) is 0 Å². The monoisotopic (exact) mass is 189 g/mol. The van der Waals surface area contributed by atoms with Gasteiger partial charge in [0.25, 0.3) is 0 Å². The Balaban J connectivity index is 3.83. The minimum atomic E-state index is -4.40. The van der Waals surface area contributed by atoms with Crippen LogP contribution in [0, 0.1) is 0 Å². The van der Waals surface area contributed by atoms with Gasteiger partial charge in [0.1, 0.15) is 0 Å². The topological polar surface area (TPSA) is 63.2 Å². The minimum absolute atomic E-state index is 1.17. The van der Waals surface area contributed by atoms with Gasteiger partial charge in [0.05, 0.1) is 0 Å². The molecule has 0 unspecified atom stereocenters. The fourth-order valence-corrected chi connectivity index (χ4v) is 1.18. The van der Waals surface area contributed by atoms with Crippen LogP contribution in [0.4, 0.5) is 0 Å². The first-order valence-electron chi connectivity index (χ1n) is 2.37. The van der Waals surface area contributed by atoms with Crippen LogP contribution in [0.25, 0.3) is 0 Å². The van der Waals surface area contributed by atoms with E-state index in [-0.39, 0.29) is 0 Å². The molecule has 7 heteroatoms. The summed E-state index contributed by atoms with van der Waals surface area (Å²) in [7, 11) is 3.55. The Morgan fingerprint density at radius 3 is 1.60 bits per heavy atom. The zero-order valence-electron chi connectivity index (χ0n) is 5.95. The normalized spacial score (nSPS) is 11.9. The van der Waals surface area contributed by atoms with Crippen LogP contribution in [0.1, 0.15) is 0 Å². The molecule has 0 aliphatic rings. The Hall–Kier alpha value is 0.314. The van der Waals surface area contributed by atoms with Crippen molar-refractivity contribution >= 4 is 0 Å². The molecule has 0 aromatic carbocycles. The summed E-state index contributed by atoms with van der Waals surface area (Å²) in [5.74, 6) is 0. The molecular formula is C3H9O6Ti. The van der Waals surface area contributed by atoms with Gasteiger partial charge in [-0.3, -0.25) is 0 Å². The van der Waals surface area contributed by atoms with E-state index >= 15 is 0 Å². The van der Waals surface area contributed by atoms with Crippen LogP contribution >= 0.6 is 0 Å². The first-order valence-corrected chi connectivity index (χ1v) is 4.92. The van der Waals surface area contributed by atoms with Crippen LogP contribution in [0.3, 0.4) is 0 Å². The summed E-state index contributed by atoms with van der Waals surface area (Å²) < 4.78 is 23.7. The molecule has 0 atom stereocenters. The van der Waals surface area contributed by atoms with Gasteiger partial charge in [-0.1, -0.05) is 0 Å². The molecule has 0 N–H and O–H groups in total. The van der Waals surface area contributed by atoms with Crippen molar-refractivity contribution in [2.24, 2.45) is 0 Å². The van der Waals surface area contributed by atoms with E-state index in [4.69, 9.17) is 0 Å². The van der Waals surface area contributed by atoms with Crippen molar-refractivity contribution in [3.63, 3.8) is 0 Å². The zero-order valence-corrected chi connectivity index (χ0v) is 7.51. The van der Waals surface area contributed by atoms with E-state index in [1.165, 1.54) is 21.3 Å². The molecule has 0 rings (SSSR count). The van der Waals surface area contributed by atoms with Crippen LogP contribution in [0.2, 0.25) is 0 Å². The second-order valence-corrected chi connectivity index (χ2v) is 3.92. The number of hydrogen-bond donors (Lipinski definition) is 0. The third-order valence-electron chi connectivity index (χ3n) is 0.621. The van der Waals surface area contributed by atoms with Gasteiger partial charge in [0, 0.05) is 0 Å². The van der Waals surface area contributed by atoms with Crippen molar-refractivity contribution in [1.82, 2.24) is 0 Å². The summed E-state index contributed by atoms with van der Waals surface area (Å²) in [6, 6.07) is 0. The van der Waals surface area contributed by atoms with E-state index in [0.717, 1.165) is 0 Å². The first-order chi connectivity index (χ1) is 4.68. The third kappa shape index (κ3) is 3.47. The van der Waals surface area contributed by atoms with Crippen molar-refractivity contribution in [3.05, 3.63) is 0 Å². The third-order valence-corrected chi connectivity index (χ3v) is 2.56. The molecule has 10 heavy (non-hydrogen) atoms. The number of rotatable bonds is 5. The van der Waals surface area contributed by atoms with E-state index in [1.807, 2.05) is 0 Å². The van der Waals surface area contributed by atoms with Crippen LogP contribution < -0.4 is 0 Å². The van der Waals surface area contributed by atoms with E-state index in [2.05, 4.69) is 20.0 Å². The van der Waals surface area contributed by atoms with Gasteiger partial charge in [-0.05, 0) is 0 Å². The Kier molecular flexibility index (Phi) is 5.19. The quantitative estimate of drug-likeness (QED) is 0.345. The molecule has 0 bridgehead atoms. The van der Waals surface area contributed by atoms with E-state index in [9.17, 15) is 3.32 Å².